The van der Waals surface area contributed by atoms with Gasteiger partial charge in [0.05, 0.1) is 42.7 Å². The molecule has 47 heavy (non-hydrogen) atoms. The Hall–Kier alpha value is -2.80. The van der Waals surface area contributed by atoms with Gasteiger partial charge in [-0.05, 0) is 49.7 Å². The summed E-state index contributed by atoms with van der Waals surface area (Å²) in [6.07, 6.45) is -2.40. The number of hydrogen-bond acceptors (Lipinski definition) is 12. The lowest BCUT2D eigenvalue weighted by Crippen LogP contribution is -2.90. The molecule has 258 valence electrons. The Kier molecular flexibility index (Phi) is 7.21. The highest BCUT2D eigenvalue weighted by Gasteiger charge is 2.90. The molecule has 12 nitrogen and oxygen atoms in total. The van der Waals surface area contributed by atoms with Crippen LogP contribution < -0.4 is 0 Å². The van der Waals surface area contributed by atoms with Gasteiger partial charge in [0.1, 0.15) is 17.5 Å². The molecule has 0 aromatic carbocycles. The lowest BCUT2D eigenvalue weighted by Gasteiger charge is -2.81. The fraction of sp³-hybridized carbons (Fsp3) is 0.771. The van der Waals surface area contributed by atoms with Crippen molar-refractivity contribution in [3.05, 3.63) is 24.2 Å². The first-order valence-corrected chi connectivity index (χ1v) is 16.8. The molecule has 2 saturated heterocycles. The summed E-state index contributed by atoms with van der Waals surface area (Å²) in [5.74, 6) is -4.22. The zero-order chi connectivity index (χ0) is 34.1. The van der Waals surface area contributed by atoms with Crippen molar-refractivity contribution in [3.8, 4) is 0 Å². The predicted molar refractivity (Wildman–Crippen MR) is 160 cm³/mol. The van der Waals surface area contributed by atoms with Gasteiger partial charge in [0.15, 0.2) is 12.2 Å². The zero-order valence-electron chi connectivity index (χ0n) is 28.0. The number of aliphatic hydroxyl groups is 2. The van der Waals surface area contributed by atoms with E-state index < -0.39 is 99.7 Å². The predicted octanol–water partition coefficient (Wildman–Crippen LogP) is 3.06. The zero-order valence-corrected chi connectivity index (χ0v) is 28.0. The number of carbonyl (C=O) groups excluding carboxylic acids is 4. The second kappa shape index (κ2) is 10.4. The fourth-order valence-corrected chi connectivity index (χ4v) is 11.8. The minimum atomic E-state index is -1.50. The van der Waals surface area contributed by atoms with E-state index in [0.717, 1.165) is 5.56 Å². The van der Waals surface area contributed by atoms with E-state index in [1.54, 1.807) is 26.4 Å². The molecule has 0 radical (unpaired) electrons. The van der Waals surface area contributed by atoms with Crippen LogP contribution in [0.1, 0.15) is 85.6 Å². The Morgan fingerprint density at radius 2 is 1.77 bits per heavy atom. The van der Waals surface area contributed by atoms with E-state index in [1.807, 2.05) is 26.8 Å². The maximum atomic E-state index is 14.9. The van der Waals surface area contributed by atoms with E-state index in [9.17, 15) is 29.4 Å². The second-order valence-corrected chi connectivity index (χ2v) is 15.7. The Bertz CT molecular complexity index is 1490. The van der Waals surface area contributed by atoms with Crippen molar-refractivity contribution in [2.75, 3.05) is 6.61 Å². The van der Waals surface area contributed by atoms with Gasteiger partial charge in [-0.3, -0.25) is 19.2 Å². The summed E-state index contributed by atoms with van der Waals surface area (Å²) in [7, 11) is 0. The van der Waals surface area contributed by atoms with E-state index in [-0.39, 0.29) is 24.7 Å². The molecular formula is C35H46O12. The number of furan rings is 1. The molecule has 2 bridgehead atoms. The van der Waals surface area contributed by atoms with E-state index >= 15 is 0 Å². The minimum absolute atomic E-state index is 0.0584. The second-order valence-electron chi connectivity index (χ2n) is 15.7. The quantitative estimate of drug-likeness (QED) is 0.339. The molecule has 3 heterocycles. The molecule has 1 aromatic rings. The van der Waals surface area contributed by atoms with Gasteiger partial charge >= 0.3 is 17.9 Å². The highest BCUT2D eigenvalue weighted by atomic mass is 16.7. The first-order chi connectivity index (χ1) is 22.0. The van der Waals surface area contributed by atoms with Gasteiger partial charge in [0.2, 0.25) is 6.29 Å². The highest BCUT2D eigenvalue weighted by Crippen LogP contribution is 2.82. The van der Waals surface area contributed by atoms with Crippen LogP contribution in [0, 0.1) is 39.4 Å². The molecule has 1 spiro atoms. The molecule has 12 heteroatoms. The largest absolute Gasteiger partial charge is 0.472 e. The summed E-state index contributed by atoms with van der Waals surface area (Å²) >= 11 is 0. The van der Waals surface area contributed by atoms with Crippen LogP contribution in [0.3, 0.4) is 0 Å². The van der Waals surface area contributed by atoms with Gasteiger partial charge in [0, 0.05) is 42.4 Å². The molecular weight excluding hydrogens is 612 g/mol. The Balaban J connectivity index is 1.40. The molecule has 15 atom stereocenters. The Labute approximate surface area is 273 Å². The van der Waals surface area contributed by atoms with Gasteiger partial charge in [0.25, 0.3) is 0 Å². The normalized spacial score (nSPS) is 49.8. The molecule has 2 N–H and O–H groups in total. The van der Waals surface area contributed by atoms with Crippen LogP contribution >= 0.6 is 0 Å². The lowest BCUT2D eigenvalue weighted by molar-refractivity contribution is -0.458. The molecule has 6 aliphatic rings. The van der Waals surface area contributed by atoms with Crippen LogP contribution in [0.2, 0.25) is 0 Å². The van der Waals surface area contributed by atoms with Gasteiger partial charge < -0.3 is 38.3 Å². The van der Waals surface area contributed by atoms with Gasteiger partial charge in [-0.25, -0.2) is 0 Å². The van der Waals surface area contributed by atoms with Crippen molar-refractivity contribution in [1.29, 1.82) is 0 Å². The van der Waals surface area contributed by atoms with E-state index in [2.05, 4.69) is 0 Å². The number of ketones is 1. The summed E-state index contributed by atoms with van der Waals surface area (Å²) in [5.41, 5.74) is -4.72. The number of Topliss-reactive ketones (excluding diaryl/α,β-unsaturated/α-hetero) is 1. The van der Waals surface area contributed by atoms with E-state index in [0.29, 0.717) is 19.3 Å². The molecule has 1 aromatic heterocycles. The third-order valence-corrected chi connectivity index (χ3v) is 13.7. The molecule has 6 fully saturated rings. The lowest BCUT2D eigenvalue weighted by atomic mass is 9.30. The average molecular weight is 659 g/mol. The number of aliphatic hydroxyl groups excluding tert-OH is 2. The Morgan fingerprint density at radius 3 is 2.38 bits per heavy atom. The fourth-order valence-electron chi connectivity index (χ4n) is 11.8. The summed E-state index contributed by atoms with van der Waals surface area (Å²) in [4.78, 5) is 53.4. The number of hydrogen-bond donors (Lipinski definition) is 2. The SMILES string of the molecule is CCC(C)C(=O)O[C@@H]1OC[C@@]23[C@H]4C(=O)C[C@@]5(C)[C@H](c6ccoc6)C[C@@H](O)[C@]56OC(C[C@H]2[C@]1(C)[C@H](OC(C)=O)[C@H](OC(C)=O)[C@@H]3O)[C@]46C. The van der Waals surface area contributed by atoms with Crippen molar-refractivity contribution in [2.45, 2.75) is 122 Å². The standard InChI is InChI=1S/C35H46O12/c1-8-16(2)29(41)46-30-32(6)22-12-24-33(7)26(34(22,15-43-30)27(40)25(44-17(3)36)28(32)45-18(4)37)21(38)13-31(5)20(19-9-10-42-14-19)11-23(39)35(31,33)47-24/h9-10,14,16,20,22-28,30,39-40H,8,11-13,15H2,1-7H3/t16?,20-,22-,23+,24?,25+,26-,27-,28+,30-,31-,32+,33+,34-,35-/m0/s1. The van der Waals surface area contributed by atoms with Crippen LogP contribution in [-0.2, 0) is 42.9 Å². The molecule has 4 saturated carbocycles. The van der Waals surface area contributed by atoms with Gasteiger partial charge in [-0.1, -0.05) is 27.7 Å². The summed E-state index contributed by atoms with van der Waals surface area (Å²) in [6, 6.07) is 1.86. The third-order valence-electron chi connectivity index (χ3n) is 13.7. The van der Waals surface area contributed by atoms with Crippen LogP contribution in [-0.4, -0.2) is 82.9 Å². The van der Waals surface area contributed by atoms with Gasteiger partial charge in [-0.15, -0.1) is 0 Å². The van der Waals surface area contributed by atoms with Crippen LogP contribution in [0.15, 0.2) is 23.0 Å². The number of carbonyl (C=O) groups is 4. The first-order valence-electron chi connectivity index (χ1n) is 16.8. The average Bonchev–Trinajstić information content (AvgIpc) is 3.60. The number of esters is 3. The molecule has 4 aliphatic carbocycles. The molecule has 2 unspecified atom stereocenters. The van der Waals surface area contributed by atoms with E-state index in [4.69, 9.17) is 28.1 Å². The van der Waals surface area contributed by atoms with E-state index in [1.165, 1.54) is 13.8 Å². The summed E-state index contributed by atoms with van der Waals surface area (Å²) < 4.78 is 36.5. The minimum Gasteiger partial charge on any atom is -0.472 e. The van der Waals surface area contributed by atoms with Gasteiger partial charge in [-0.2, -0.15) is 0 Å². The van der Waals surface area contributed by atoms with Crippen LogP contribution in [0.25, 0.3) is 0 Å². The molecule has 0 amide bonds. The smallest absolute Gasteiger partial charge is 0.310 e. The van der Waals surface area contributed by atoms with Crippen LogP contribution in [0.4, 0.5) is 0 Å². The molecule has 7 rings (SSSR count). The van der Waals surface area contributed by atoms with Crippen molar-refractivity contribution >= 4 is 23.7 Å². The summed E-state index contributed by atoms with van der Waals surface area (Å²) in [6.45, 7) is 11.6. The van der Waals surface area contributed by atoms with Crippen molar-refractivity contribution in [3.63, 3.8) is 0 Å². The number of ether oxygens (including phenoxy) is 5. The van der Waals surface area contributed by atoms with Crippen molar-refractivity contribution in [1.82, 2.24) is 0 Å². The summed E-state index contributed by atoms with van der Waals surface area (Å²) in [5, 5.41) is 24.5. The third kappa shape index (κ3) is 3.73. The monoisotopic (exact) mass is 658 g/mol. The maximum Gasteiger partial charge on any atom is 0.310 e. The number of rotatable bonds is 6. The highest BCUT2D eigenvalue weighted by molar-refractivity contribution is 5.87. The van der Waals surface area contributed by atoms with Crippen LogP contribution in [0.5, 0.6) is 0 Å². The van der Waals surface area contributed by atoms with Crippen molar-refractivity contribution < 1.29 is 57.5 Å². The van der Waals surface area contributed by atoms with Crippen molar-refractivity contribution in [2.24, 2.45) is 39.4 Å². The first kappa shape index (κ1) is 32.7. The maximum absolute atomic E-state index is 14.9. The topological polar surface area (TPSA) is 168 Å². The molecule has 2 aliphatic heterocycles. The Morgan fingerprint density at radius 1 is 1.06 bits per heavy atom.